The topological polar surface area (TPSA) is 84.2 Å². The Morgan fingerprint density at radius 2 is 2.50 bits per heavy atom. The van der Waals surface area contributed by atoms with E-state index in [9.17, 15) is 9.50 Å². The minimum absolute atomic E-state index is 0.0571. The molecule has 2 atom stereocenters. The summed E-state index contributed by atoms with van der Waals surface area (Å²) in [6, 6.07) is -0.189. The Hall–Kier alpha value is -0.745. The maximum atomic E-state index is 11.1. The van der Waals surface area contributed by atoms with Gasteiger partial charge in [-0.2, -0.15) is 0 Å². The number of rotatable bonds is 4. The molecule has 1 amide bonds. The monoisotopic (exact) mass is 169 g/mol. The van der Waals surface area contributed by atoms with Crippen molar-refractivity contribution in [1.82, 2.24) is 10.6 Å². The van der Waals surface area contributed by atoms with Crippen molar-refractivity contribution in [3.8, 4) is 0 Å². The Morgan fingerprint density at radius 1 is 1.75 bits per heavy atom. The van der Waals surface area contributed by atoms with Crippen molar-refractivity contribution in [2.75, 3.05) is 13.0 Å². The summed E-state index contributed by atoms with van der Waals surface area (Å²) in [6.45, 7) is 0.449. The molecule has 1 heterocycles. The van der Waals surface area contributed by atoms with Crippen molar-refractivity contribution < 1.29 is 9.50 Å². The molecule has 12 heavy (non-hydrogen) atoms. The van der Waals surface area contributed by atoms with E-state index in [0.717, 1.165) is 7.15 Å². The van der Waals surface area contributed by atoms with Crippen molar-refractivity contribution in [3.05, 3.63) is 0 Å². The molecule has 1 rings (SSSR count). The van der Waals surface area contributed by atoms with Gasteiger partial charge in [0.05, 0.1) is 0 Å². The van der Waals surface area contributed by atoms with Crippen molar-refractivity contribution in [3.63, 3.8) is 0 Å². The summed E-state index contributed by atoms with van der Waals surface area (Å²) in [6.07, 6.45) is 0.887. The summed E-state index contributed by atoms with van der Waals surface area (Å²) in [5.74, 6) is -0.0627. The van der Waals surface area contributed by atoms with Crippen LogP contribution in [-0.4, -0.2) is 38.1 Å². The molecule has 0 radical (unpaired) electrons. The first-order valence-electron chi connectivity index (χ1n) is 3.95. The third kappa shape index (κ3) is 2.12. The molecule has 0 aromatic carbocycles. The Balaban J connectivity index is 2.35. The summed E-state index contributed by atoms with van der Waals surface area (Å²) >= 11 is 0. The van der Waals surface area contributed by atoms with Gasteiger partial charge in [0.1, 0.15) is 0 Å². The number of hydrogen-bond donors (Lipinski definition) is 3. The molecule has 0 bridgehead atoms. The third-order valence-electron chi connectivity index (χ3n) is 1.92. The fourth-order valence-electron chi connectivity index (χ4n) is 1.27. The van der Waals surface area contributed by atoms with Crippen LogP contribution in [0.1, 0.15) is 6.42 Å². The predicted octanol–water partition coefficient (Wildman–Crippen LogP) is -2.20. The first kappa shape index (κ1) is 9.34. The van der Waals surface area contributed by atoms with E-state index in [-0.39, 0.29) is 24.4 Å². The second-order valence-electron chi connectivity index (χ2n) is 2.80. The fourth-order valence-corrected chi connectivity index (χ4v) is 1.27. The molecule has 0 aromatic heterocycles. The van der Waals surface area contributed by atoms with Gasteiger partial charge in [0.2, 0.25) is 0 Å². The molecular formula is C6H12BN3O2. The van der Waals surface area contributed by atoms with Gasteiger partial charge < -0.3 is 0 Å². The van der Waals surface area contributed by atoms with E-state index < -0.39 is 0 Å². The normalized spacial score (nSPS) is 28.2. The number of amides is 1. The quantitative estimate of drug-likeness (QED) is 0.417. The molecule has 1 fully saturated rings. The summed E-state index contributed by atoms with van der Waals surface area (Å²) < 4.78 is 10.0. The molecule has 1 aliphatic rings. The average Bonchev–Trinajstić information content (AvgIpc) is 2.43. The molecular weight excluding hydrogens is 157 g/mol. The van der Waals surface area contributed by atoms with E-state index in [0.29, 0.717) is 13.0 Å². The molecule has 1 saturated heterocycles. The maximum absolute atomic E-state index is 11.1. The van der Waals surface area contributed by atoms with E-state index in [1.807, 2.05) is 0 Å². The van der Waals surface area contributed by atoms with Crippen LogP contribution in [0.25, 0.3) is 0 Å². The second-order valence-corrected chi connectivity index (χ2v) is 2.80. The van der Waals surface area contributed by atoms with Crippen molar-refractivity contribution in [2.45, 2.75) is 18.5 Å². The Labute approximate surface area is 71.3 Å². The zero-order chi connectivity index (χ0) is 8.97. The summed E-state index contributed by atoms with van der Waals surface area (Å²) in [7, 11) is 0.739. The van der Waals surface area contributed by atoms with E-state index >= 15 is 0 Å². The van der Waals surface area contributed by atoms with Gasteiger partial charge in [-0.25, -0.2) is 0 Å². The van der Waals surface area contributed by atoms with Crippen LogP contribution in [0.5, 0.6) is 0 Å². The van der Waals surface area contributed by atoms with Crippen molar-refractivity contribution in [1.29, 1.82) is 0 Å². The first-order valence-corrected chi connectivity index (χ1v) is 3.95. The van der Waals surface area contributed by atoms with Crippen LogP contribution in [0.4, 0.5) is 0 Å². The summed E-state index contributed by atoms with van der Waals surface area (Å²) in [5.41, 5.74) is 5.37. The van der Waals surface area contributed by atoms with Crippen LogP contribution in [0, 0.1) is 0 Å². The number of carbonyl (C=O) groups excluding carboxylic acids is 1. The first-order chi connectivity index (χ1) is 5.77. The van der Waals surface area contributed by atoms with Gasteiger partial charge in [0.25, 0.3) is 0 Å². The van der Waals surface area contributed by atoms with Crippen LogP contribution >= 0.6 is 0 Å². The molecule has 6 heteroatoms. The molecule has 5 nitrogen and oxygen atoms in total. The second kappa shape index (κ2) is 4.32. The van der Waals surface area contributed by atoms with Crippen molar-refractivity contribution in [2.24, 2.45) is 5.73 Å². The molecule has 0 aliphatic carbocycles. The van der Waals surface area contributed by atoms with Gasteiger partial charge >= 0.3 is 70.4 Å². The average molecular weight is 169 g/mol. The molecule has 0 spiro atoms. The standard InChI is InChI=1S/C6H12BN3O2/c8-2-4-1-5(6(11)10-4)9-3-7-12/h4-5,9H,1-3,8H2,(H,10,11). The van der Waals surface area contributed by atoms with E-state index in [4.69, 9.17) is 5.73 Å². The fraction of sp³-hybridized carbons (Fsp3) is 0.833. The number of carbonyl (C=O) groups is 1. The van der Waals surface area contributed by atoms with Gasteiger partial charge in [-0.15, -0.1) is 0 Å². The molecule has 1 aliphatic heterocycles. The summed E-state index contributed by atoms with van der Waals surface area (Å²) in [5, 5.41) is 5.53. The number of nitrogens with one attached hydrogen (secondary N) is 2. The van der Waals surface area contributed by atoms with Crippen LogP contribution < -0.4 is 16.4 Å². The van der Waals surface area contributed by atoms with Gasteiger partial charge in [-0.1, -0.05) is 0 Å². The minimum atomic E-state index is -0.247. The Bertz CT molecular complexity index is 188. The van der Waals surface area contributed by atoms with E-state index in [1.165, 1.54) is 0 Å². The predicted molar refractivity (Wildman–Crippen MR) is 43.8 cm³/mol. The van der Waals surface area contributed by atoms with Crippen molar-refractivity contribution >= 4 is 13.1 Å². The molecule has 4 N–H and O–H groups in total. The van der Waals surface area contributed by atoms with Crippen LogP contribution in [0.2, 0.25) is 0 Å². The van der Waals surface area contributed by atoms with Gasteiger partial charge in [-0.05, 0) is 0 Å². The molecule has 66 valence electrons. The zero-order valence-electron chi connectivity index (χ0n) is 6.75. The van der Waals surface area contributed by atoms with Crippen LogP contribution in [0.3, 0.4) is 0 Å². The Kier molecular flexibility index (Phi) is 3.37. The zero-order valence-corrected chi connectivity index (χ0v) is 6.75. The summed E-state index contributed by atoms with van der Waals surface area (Å²) in [4.78, 5) is 11.1. The van der Waals surface area contributed by atoms with E-state index in [1.54, 1.807) is 0 Å². The van der Waals surface area contributed by atoms with Gasteiger partial charge in [-0.3, -0.25) is 0 Å². The van der Waals surface area contributed by atoms with E-state index in [2.05, 4.69) is 10.6 Å². The van der Waals surface area contributed by atoms with Gasteiger partial charge in [0.15, 0.2) is 0 Å². The molecule has 0 saturated carbocycles. The number of hydrogen-bond acceptors (Lipinski definition) is 4. The van der Waals surface area contributed by atoms with Crippen LogP contribution in [0.15, 0.2) is 0 Å². The van der Waals surface area contributed by atoms with Crippen LogP contribution in [-0.2, 0) is 9.50 Å². The number of nitrogens with two attached hydrogens (primary N) is 1. The molecule has 0 aromatic rings. The SMILES string of the molecule is NCC1CC(NCB=O)C(=O)N1. The third-order valence-corrected chi connectivity index (χ3v) is 1.92. The molecule has 2 unspecified atom stereocenters. The Morgan fingerprint density at radius 3 is 3.00 bits per heavy atom. The van der Waals surface area contributed by atoms with Gasteiger partial charge in [0, 0.05) is 0 Å².